The van der Waals surface area contributed by atoms with Gasteiger partial charge in [0.05, 0.1) is 17.8 Å². The van der Waals surface area contributed by atoms with Crippen molar-refractivity contribution < 1.29 is 22.4 Å². The number of carbonyl (C=O) groups excluding carboxylic acids is 1. The summed E-state index contributed by atoms with van der Waals surface area (Å²) in [7, 11) is 0. The van der Waals surface area contributed by atoms with Crippen LogP contribution in [0.3, 0.4) is 0 Å². The van der Waals surface area contributed by atoms with Gasteiger partial charge in [-0.2, -0.15) is 13.2 Å². The van der Waals surface area contributed by atoms with E-state index in [4.69, 9.17) is 0 Å². The van der Waals surface area contributed by atoms with Crippen molar-refractivity contribution >= 4 is 18.3 Å². The fraction of sp³-hybridized carbons (Fsp3) is 0.438. The molecule has 6 nitrogen and oxygen atoms in total. The van der Waals surface area contributed by atoms with E-state index in [-0.39, 0.29) is 29.7 Å². The van der Waals surface area contributed by atoms with Gasteiger partial charge >= 0.3 is 6.18 Å². The van der Waals surface area contributed by atoms with Gasteiger partial charge in [-0.05, 0) is 43.6 Å². The van der Waals surface area contributed by atoms with Crippen LogP contribution < -0.4 is 10.6 Å². The van der Waals surface area contributed by atoms with Crippen LogP contribution in [0.4, 0.5) is 17.6 Å². The molecule has 0 radical (unpaired) electrons. The lowest BCUT2D eigenvalue weighted by Crippen LogP contribution is -2.29. The normalized spacial score (nSPS) is 15.3. The molecule has 148 valence electrons. The fourth-order valence-corrected chi connectivity index (χ4v) is 2.86. The van der Waals surface area contributed by atoms with Crippen molar-refractivity contribution in [1.29, 1.82) is 0 Å². The lowest BCUT2D eigenvalue weighted by atomic mass is 10.1. The molecule has 1 aliphatic heterocycles. The smallest absolute Gasteiger partial charge is 0.346 e. The summed E-state index contributed by atoms with van der Waals surface area (Å²) >= 11 is 0. The molecule has 2 N–H and O–H groups in total. The second-order valence-electron chi connectivity index (χ2n) is 6.05. The zero-order chi connectivity index (χ0) is 18.7. The van der Waals surface area contributed by atoms with Crippen LogP contribution in [0.15, 0.2) is 24.4 Å². The Morgan fingerprint density at radius 3 is 2.67 bits per heavy atom. The first-order chi connectivity index (χ1) is 12.3. The zero-order valence-electron chi connectivity index (χ0n) is 14.1. The minimum absolute atomic E-state index is 0. The topological polar surface area (TPSA) is 71.8 Å². The maximum absolute atomic E-state index is 13.1. The molecule has 1 saturated heterocycles. The van der Waals surface area contributed by atoms with Crippen LogP contribution in [0.1, 0.15) is 40.5 Å². The van der Waals surface area contributed by atoms with Gasteiger partial charge in [0.25, 0.3) is 5.91 Å². The van der Waals surface area contributed by atoms with Crippen LogP contribution >= 0.6 is 12.4 Å². The second kappa shape index (κ2) is 8.66. The SMILES string of the molecule is Cl.O=C(NCc1ccc(F)cc1C(F)(F)F)c1cn(C2CCNCC2)nn1. The summed E-state index contributed by atoms with van der Waals surface area (Å²) in [6, 6.07) is 2.47. The maximum Gasteiger partial charge on any atom is 0.416 e. The summed E-state index contributed by atoms with van der Waals surface area (Å²) in [6.45, 7) is 1.29. The number of hydrogen-bond acceptors (Lipinski definition) is 4. The van der Waals surface area contributed by atoms with Crippen molar-refractivity contribution in [3.05, 3.63) is 47.0 Å². The number of hydrogen-bond donors (Lipinski definition) is 2. The van der Waals surface area contributed by atoms with E-state index < -0.39 is 30.0 Å². The van der Waals surface area contributed by atoms with Gasteiger partial charge in [-0.15, -0.1) is 17.5 Å². The summed E-state index contributed by atoms with van der Waals surface area (Å²) in [5, 5.41) is 13.3. The summed E-state index contributed by atoms with van der Waals surface area (Å²) in [4.78, 5) is 12.1. The van der Waals surface area contributed by atoms with E-state index >= 15 is 0 Å². The largest absolute Gasteiger partial charge is 0.416 e. The monoisotopic (exact) mass is 407 g/mol. The summed E-state index contributed by atoms with van der Waals surface area (Å²) in [5.74, 6) is -1.63. The third-order valence-electron chi connectivity index (χ3n) is 4.24. The number of carbonyl (C=O) groups is 1. The molecule has 2 aromatic rings. The average Bonchev–Trinajstić information content (AvgIpc) is 3.10. The van der Waals surface area contributed by atoms with Crippen molar-refractivity contribution in [3.63, 3.8) is 0 Å². The van der Waals surface area contributed by atoms with Crippen LogP contribution in [0.2, 0.25) is 0 Å². The van der Waals surface area contributed by atoms with E-state index in [9.17, 15) is 22.4 Å². The maximum atomic E-state index is 13.1. The first-order valence-electron chi connectivity index (χ1n) is 8.11. The van der Waals surface area contributed by atoms with Crippen LogP contribution in [0.25, 0.3) is 0 Å². The van der Waals surface area contributed by atoms with Gasteiger partial charge in [0.2, 0.25) is 0 Å². The number of nitrogens with one attached hydrogen (secondary N) is 2. The van der Waals surface area contributed by atoms with E-state index in [0.717, 1.165) is 38.1 Å². The van der Waals surface area contributed by atoms with Gasteiger partial charge in [-0.1, -0.05) is 11.3 Å². The van der Waals surface area contributed by atoms with Gasteiger partial charge in [0.15, 0.2) is 5.69 Å². The number of benzene rings is 1. The first-order valence-corrected chi connectivity index (χ1v) is 8.11. The summed E-state index contributed by atoms with van der Waals surface area (Å²) in [6.07, 6.45) is -1.51. The van der Waals surface area contributed by atoms with Crippen LogP contribution in [-0.4, -0.2) is 34.0 Å². The average molecular weight is 408 g/mol. The Bertz CT molecular complexity index is 789. The number of piperidine rings is 1. The Morgan fingerprint density at radius 1 is 1.30 bits per heavy atom. The first kappa shape index (κ1) is 21.1. The lowest BCUT2D eigenvalue weighted by Gasteiger charge is -2.22. The minimum Gasteiger partial charge on any atom is -0.346 e. The van der Waals surface area contributed by atoms with Crippen LogP contribution in [-0.2, 0) is 12.7 Å². The molecule has 1 aliphatic rings. The molecule has 0 bridgehead atoms. The molecule has 3 rings (SSSR count). The van der Waals surface area contributed by atoms with Crippen molar-refractivity contribution in [2.24, 2.45) is 0 Å². The van der Waals surface area contributed by atoms with Gasteiger partial charge in [0.1, 0.15) is 5.82 Å². The van der Waals surface area contributed by atoms with E-state index in [0.29, 0.717) is 6.07 Å². The quantitative estimate of drug-likeness (QED) is 0.764. The number of halogens is 5. The standard InChI is InChI=1S/C16H17F4N5O.ClH/c17-11-2-1-10(13(7-11)16(18,19)20)8-22-15(26)14-9-25(24-23-14)12-3-5-21-6-4-12;/h1-2,7,9,12,21H,3-6,8H2,(H,22,26);1H. The van der Waals surface area contributed by atoms with Gasteiger partial charge in [-0.3, -0.25) is 4.79 Å². The highest BCUT2D eigenvalue weighted by atomic mass is 35.5. The Hall–Kier alpha value is -2.20. The Morgan fingerprint density at radius 2 is 2.00 bits per heavy atom. The lowest BCUT2D eigenvalue weighted by molar-refractivity contribution is -0.138. The molecule has 0 unspecified atom stereocenters. The highest BCUT2D eigenvalue weighted by molar-refractivity contribution is 5.91. The van der Waals surface area contributed by atoms with Crippen LogP contribution in [0.5, 0.6) is 0 Å². The molecule has 0 aliphatic carbocycles. The van der Waals surface area contributed by atoms with Crippen molar-refractivity contribution in [3.8, 4) is 0 Å². The molecule has 1 aromatic heterocycles. The third-order valence-corrected chi connectivity index (χ3v) is 4.24. The number of aromatic nitrogens is 3. The van der Waals surface area contributed by atoms with E-state index in [2.05, 4.69) is 20.9 Å². The number of nitrogens with zero attached hydrogens (tertiary/aromatic N) is 3. The van der Waals surface area contributed by atoms with Crippen molar-refractivity contribution in [2.45, 2.75) is 31.6 Å². The summed E-state index contributed by atoms with van der Waals surface area (Å²) < 4.78 is 53.6. The minimum atomic E-state index is -4.71. The number of rotatable bonds is 4. The third kappa shape index (κ3) is 5.16. The van der Waals surface area contributed by atoms with E-state index in [1.54, 1.807) is 4.68 Å². The molecular weight excluding hydrogens is 390 g/mol. The van der Waals surface area contributed by atoms with Gasteiger partial charge in [0, 0.05) is 6.54 Å². The fourth-order valence-electron chi connectivity index (χ4n) is 2.86. The molecule has 27 heavy (non-hydrogen) atoms. The number of amides is 1. The molecule has 1 amide bonds. The molecule has 11 heteroatoms. The molecule has 1 aromatic carbocycles. The molecule has 0 spiro atoms. The molecule has 0 saturated carbocycles. The van der Waals surface area contributed by atoms with Crippen LogP contribution in [0, 0.1) is 5.82 Å². The van der Waals surface area contributed by atoms with Crippen molar-refractivity contribution in [1.82, 2.24) is 25.6 Å². The highest BCUT2D eigenvalue weighted by Gasteiger charge is 2.33. The predicted octanol–water partition coefficient (Wildman–Crippen LogP) is 2.71. The van der Waals surface area contributed by atoms with Gasteiger partial charge < -0.3 is 10.6 Å². The van der Waals surface area contributed by atoms with Crippen molar-refractivity contribution in [2.75, 3.05) is 13.1 Å². The summed E-state index contributed by atoms with van der Waals surface area (Å²) in [5.41, 5.74) is -1.31. The highest BCUT2D eigenvalue weighted by Crippen LogP contribution is 2.32. The van der Waals surface area contributed by atoms with Gasteiger partial charge in [-0.25, -0.2) is 9.07 Å². The molecular formula is C16H18ClF4N5O. The second-order valence-corrected chi connectivity index (χ2v) is 6.05. The zero-order valence-corrected chi connectivity index (χ0v) is 14.9. The Labute approximate surface area is 158 Å². The Balaban J connectivity index is 0.00000261. The molecule has 1 fully saturated rings. The molecule has 0 atom stereocenters. The molecule has 2 heterocycles. The number of alkyl halides is 3. The van der Waals surface area contributed by atoms with E-state index in [1.807, 2.05) is 0 Å². The van der Waals surface area contributed by atoms with E-state index in [1.165, 1.54) is 6.20 Å². The Kier molecular flexibility index (Phi) is 6.77. The predicted molar refractivity (Wildman–Crippen MR) is 91.0 cm³/mol.